The predicted octanol–water partition coefficient (Wildman–Crippen LogP) is 0.0592. The molecule has 19 heavy (non-hydrogen) atoms. The van der Waals surface area contributed by atoms with Gasteiger partial charge in [0, 0.05) is 12.2 Å². The first kappa shape index (κ1) is 15.4. The van der Waals surface area contributed by atoms with Crippen LogP contribution in [0, 0.1) is 0 Å². The largest absolute Gasteiger partial charge is 0.462 e. The van der Waals surface area contributed by atoms with Gasteiger partial charge in [0.15, 0.2) is 0 Å². The van der Waals surface area contributed by atoms with Crippen molar-refractivity contribution in [2.75, 3.05) is 25.9 Å². The highest BCUT2D eigenvalue weighted by Crippen LogP contribution is 2.22. The first-order chi connectivity index (χ1) is 9.01. The summed E-state index contributed by atoms with van der Waals surface area (Å²) in [5.41, 5.74) is 6.58. The fraction of sp³-hybridized carbons (Fsp3) is 0.462. The molecule has 0 spiro atoms. The Morgan fingerprint density at radius 3 is 2.74 bits per heavy atom. The van der Waals surface area contributed by atoms with E-state index in [1.54, 1.807) is 20.0 Å². The maximum Gasteiger partial charge on any atom is 0.340 e. The van der Waals surface area contributed by atoms with Crippen LogP contribution in [0.3, 0.4) is 0 Å². The lowest BCUT2D eigenvalue weighted by atomic mass is 10.0. The van der Waals surface area contributed by atoms with Crippen molar-refractivity contribution in [3.8, 4) is 0 Å². The van der Waals surface area contributed by atoms with E-state index >= 15 is 0 Å². The van der Waals surface area contributed by atoms with E-state index < -0.39 is 18.2 Å². The van der Waals surface area contributed by atoms with Gasteiger partial charge in [-0.05, 0) is 31.7 Å². The molecule has 2 unspecified atom stereocenters. The van der Waals surface area contributed by atoms with Gasteiger partial charge >= 0.3 is 5.97 Å². The summed E-state index contributed by atoms with van der Waals surface area (Å²) >= 11 is 0. The fourth-order valence-corrected chi connectivity index (χ4v) is 1.69. The summed E-state index contributed by atoms with van der Waals surface area (Å²) in [6.45, 7) is 2.18. The summed E-state index contributed by atoms with van der Waals surface area (Å²) in [4.78, 5) is 11.7. The Kier molecular flexibility index (Phi) is 5.75. The molecule has 6 heteroatoms. The van der Waals surface area contributed by atoms with E-state index in [0.717, 1.165) is 0 Å². The quantitative estimate of drug-likeness (QED) is 0.429. The van der Waals surface area contributed by atoms with Gasteiger partial charge in [0.25, 0.3) is 0 Å². The molecule has 1 rings (SSSR count). The van der Waals surface area contributed by atoms with Crippen molar-refractivity contribution < 1.29 is 19.7 Å². The van der Waals surface area contributed by atoms with E-state index in [9.17, 15) is 15.0 Å². The van der Waals surface area contributed by atoms with Crippen molar-refractivity contribution in [2.45, 2.75) is 19.1 Å². The van der Waals surface area contributed by atoms with Crippen molar-refractivity contribution in [3.63, 3.8) is 0 Å². The lowest BCUT2D eigenvalue weighted by molar-refractivity contribution is 0.0201. The summed E-state index contributed by atoms with van der Waals surface area (Å²) < 4.78 is 4.88. The minimum Gasteiger partial charge on any atom is -0.462 e. The van der Waals surface area contributed by atoms with Gasteiger partial charge < -0.3 is 26.0 Å². The molecule has 0 saturated heterocycles. The third-order valence-corrected chi connectivity index (χ3v) is 2.69. The summed E-state index contributed by atoms with van der Waals surface area (Å²) in [5.74, 6) is -0.544. The van der Waals surface area contributed by atoms with Crippen LogP contribution in [0.4, 0.5) is 5.69 Å². The highest BCUT2D eigenvalue weighted by Gasteiger charge is 2.20. The number of ether oxygens (including phenoxy) is 1. The predicted molar refractivity (Wildman–Crippen MR) is 71.7 cm³/mol. The minimum absolute atomic E-state index is 0.190. The molecule has 0 radical (unpaired) electrons. The van der Waals surface area contributed by atoms with Crippen LogP contribution in [0.15, 0.2) is 18.2 Å². The number of nitrogen functional groups attached to an aromatic ring is 1. The Labute approximate surface area is 112 Å². The number of hydrogen-bond acceptors (Lipinski definition) is 6. The number of aliphatic hydroxyl groups excluding tert-OH is 2. The number of likely N-dealkylation sites (N-methyl/N-ethyl adjacent to an activating group) is 1. The van der Waals surface area contributed by atoms with E-state index in [0.29, 0.717) is 5.56 Å². The SMILES string of the molecule is CCOC(=O)c1cc(C(O)C(O)CNC)ccc1N. The number of benzene rings is 1. The van der Waals surface area contributed by atoms with E-state index in [1.807, 2.05) is 0 Å². The molecule has 6 nitrogen and oxygen atoms in total. The number of hydrogen-bond donors (Lipinski definition) is 4. The van der Waals surface area contributed by atoms with Crippen LogP contribution in [0.25, 0.3) is 0 Å². The van der Waals surface area contributed by atoms with E-state index in [4.69, 9.17) is 10.5 Å². The summed E-state index contributed by atoms with van der Waals surface area (Å²) in [6.07, 6.45) is -2.06. The second-order valence-electron chi connectivity index (χ2n) is 4.14. The zero-order valence-corrected chi connectivity index (χ0v) is 11.1. The maximum absolute atomic E-state index is 11.7. The number of carbonyl (C=O) groups excluding carboxylic acids is 1. The van der Waals surface area contributed by atoms with Gasteiger partial charge in [-0.1, -0.05) is 6.07 Å². The summed E-state index contributed by atoms with van der Waals surface area (Å²) in [7, 11) is 1.67. The zero-order chi connectivity index (χ0) is 14.4. The average molecular weight is 268 g/mol. The average Bonchev–Trinajstić information content (AvgIpc) is 2.39. The van der Waals surface area contributed by atoms with Crippen LogP contribution in [-0.2, 0) is 4.74 Å². The molecule has 0 amide bonds. The Morgan fingerprint density at radius 2 is 2.16 bits per heavy atom. The molecule has 5 N–H and O–H groups in total. The Balaban J connectivity index is 2.98. The van der Waals surface area contributed by atoms with Gasteiger partial charge in [-0.25, -0.2) is 4.79 Å². The third kappa shape index (κ3) is 3.92. The van der Waals surface area contributed by atoms with Crippen LogP contribution < -0.4 is 11.1 Å². The van der Waals surface area contributed by atoms with Crippen LogP contribution in [0.5, 0.6) is 0 Å². The molecular weight excluding hydrogens is 248 g/mol. The normalized spacial score (nSPS) is 13.9. The maximum atomic E-state index is 11.7. The molecule has 106 valence electrons. The minimum atomic E-state index is -1.10. The number of esters is 1. The van der Waals surface area contributed by atoms with Crippen LogP contribution >= 0.6 is 0 Å². The van der Waals surface area contributed by atoms with Gasteiger partial charge in [0.1, 0.15) is 6.10 Å². The van der Waals surface area contributed by atoms with Gasteiger partial charge in [-0.15, -0.1) is 0 Å². The lowest BCUT2D eigenvalue weighted by Gasteiger charge is -2.18. The second kappa shape index (κ2) is 7.08. The number of anilines is 1. The highest BCUT2D eigenvalue weighted by molar-refractivity contribution is 5.95. The second-order valence-corrected chi connectivity index (χ2v) is 4.14. The van der Waals surface area contributed by atoms with Crippen molar-refractivity contribution in [1.29, 1.82) is 0 Å². The Hall–Kier alpha value is -1.63. The van der Waals surface area contributed by atoms with Gasteiger partial charge in [-0.2, -0.15) is 0 Å². The number of carbonyl (C=O) groups is 1. The summed E-state index contributed by atoms with van der Waals surface area (Å²) in [5, 5.41) is 22.4. The van der Waals surface area contributed by atoms with Crippen LogP contribution in [-0.4, -0.2) is 42.5 Å². The Morgan fingerprint density at radius 1 is 1.47 bits per heavy atom. The standard InChI is InChI=1S/C13H20N2O4/c1-3-19-13(18)9-6-8(4-5-10(9)14)12(17)11(16)7-15-2/h4-6,11-12,15-17H,3,7,14H2,1-2H3. The van der Waals surface area contributed by atoms with E-state index in [1.165, 1.54) is 12.1 Å². The molecule has 0 bridgehead atoms. The smallest absolute Gasteiger partial charge is 0.340 e. The number of nitrogens with two attached hydrogens (primary N) is 1. The highest BCUT2D eigenvalue weighted by atomic mass is 16.5. The number of aliphatic hydroxyl groups is 2. The van der Waals surface area contributed by atoms with Gasteiger partial charge in [0.2, 0.25) is 0 Å². The van der Waals surface area contributed by atoms with E-state index in [2.05, 4.69) is 5.32 Å². The fourth-order valence-electron chi connectivity index (χ4n) is 1.69. The summed E-state index contributed by atoms with van der Waals surface area (Å²) in [6, 6.07) is 4.52. The number of nitrogens with one attached hydrogen (secondary N) is 1. The van der Waals surface area contributed by atoms with Crippen LogP contribution in [0.2, 0.25) is 0 Å². The zero-order valence-electron chi connectivity index (χ0n) is 11.1. The van der Waals surface area contributed by atoms with Crippen molar-refractivity contribution in [3.05, 3.63) is 29.3 Å². The molecule has 1 aromatic rings. The molecule has 0 heterocycles. The van der Waals surface area contributed by atoms with Crippen LogP contribution in [0.1, 0.15) is 28.9 Å². The third-order valence-electron chi connectivity index (χ3n) is 2.69. The molecule has 0 saturated carbocycles. The molecule has 0 aliphatic rings. The van der Waals surface area contributed by atoms with Gasteiger partial charge in [-0.3, -0.25) is 0 Å². The Bertz CT molecular complexity index is 437. The van der Waals surface area contributed by atoms with Crippen molar-refractivity contribution >= 4 is 11.7 Å². The molecule has 0 aromatic heterocycles. The van der Waals surface area contributed by atoms with Gasteiger partial charge in [0.05, 0.1) is 18.3 Å². The monoisotopic (exact) mass is 268 g/mol. The van der Waals surface area contributed by atoms with E-state index in [-0.39, 0.29) is 24.4 Å². The van der Waals surface area contributed by atoms with Crippen molar-refractivity contribution in [1.82, 2.24) is 5.32 Å². The molecule has 0 aliphatic carbocycles. The number of rotatable bonds is 6. The topological polar surface area (TPSA) is 105 Å². The van der Waals surface area contributed by atoms with Crippen molar-refractivity contribution in [2.24, 2.45) is 0 Å². The molecule has 1 aromatic carbocycles. The first-order valence-electron chi connectivity index (χ1n) is 6.08. The molecular formula is C13H20N2O4. The molecule has 0 fully saturated rings. The molecule has 0 aliphatic heterocycles. The first-order valence-corrected chi connectivity index (χ1v) is 6.08. The molecule has 2 atom stereocenters. The lowest BCUT2D eigenvalue weighted by Crippen LogP contribution is -2.29.